The molecule has 0 aromatic rings. The Morgan fingerprint density at radius 1 is 1.14 bits per heavy atom. The highest BCUT2D eigenvalue weighted by atomic mass is 16.5. The van der Waals surface area contributed by atoms with Crippen molar-refractivity contribution < 1.29 is 40.2 Å². The number of ketones is 1. The fourth-order valence-electron chi connectivity index (χ4n) is 14.8. The Hall–Kier alpha value is -1.32. The number of Topliss-reactive ketones (excluding diaryl/α,β-unsaturated/α-hetero) is 1. The van der Waals surface area contributed by atoms with E-state index in [1.54, 1.807) is 13.8 Å². The number of nitrogens with zero attached hydrogens (tertiary/aromatic N) is 1. The molecule has 0 radical (unpaired) electrons. The Morgan fingerprint density at radius 3 is 2.57 bits per heavy atom. The third kappa shape index (κ3) is 7.22. The zero-order chi connectivity index (χ0) is 42.0. The molecule has 58 heavy (non-hydrogen) atoms. The fourth-order valence-corrected chi connectivity index (χ4v) is 14.8. The highest BCUT2D eigenvalue weighted by molar-refractivity contribution is 6.42. The Balaban J connectivity index is 1.35. The summed E-state index contributed by atoms with van der Waals surface area (Å²) in [5, 5.41) is 79.6. The van der Waals surface area contributed by atoms with Gasteiger partial charge in [0.1, 0.15) is 6.10 Å². The molecule has 12 nitrogen and oxygen atoms in total. The lowest BCUT2D eigenvalue weighted by atomic mass is 9.35. The van der Waals surface area contributed by atoms with E-state index in [9.17, 15) is 30.6 Å². The molecule has 2 aliphatic heterocycles. The number of hydrogen-bond acceptors (Lipinski definition) is 12. The van der Waals surface area contributed by atoms with Crippen molar-refractivity contribution in [2.45, 2.75) is 166 Å². The predicted octanol–water partition coefficient (Wildman–Crippen LogP) is 3.09. The number of aliphatic hydroxyl groups excluding tert-OH is 4. The zero-order valence-corrected chi connectivity index (χ0v) is 36.3. The molecule has 0 amide bonds. The highest BCUT2D eigenvalue weighted by Crippen LogP contribution is 2.75. The molecule has 19 atom stereocenters. The Bertz CT molecular complexity index is 1530. The second-order valence-electron chi connectivity index (χ2n) is 21.1. The second-order valence-corrected chi connectivity index (χ2v) is 21.1. The van der Waals surface area contributed by atoms with Gasteiger partial charge in [-0.3, -0.25) is 9.79 Å². The molecule has 6 fully saturated rings. The predicted molar refractivity (Wildman–Crippen MR) is 224 cm³/mol. The van der Waals surface area contributed by atoms with Crippen LogP contribution in [0.25, 0.3) is 0 Å². The van der Waals surface area contributed by atoms with Crippen molar-refractivity contribution in [1.29, 1.82) is 0 Å². The molecule has 7 aliphatic rings. The van der Waals surface area contributed by atoms with Gasteiger partial charge in [-0.25, -0.2) is 0 Å². The summed E-state index contributed by atoms with van der Waals surface area (Å²) in [6.45, 7) is 11.6. The quantitative estimate of drug-likeness (QED) is 0.0975. The first kappa shape index (κ1) is 44.7. The summed E-state index contributed by atoms with van der Waals surface area (Å²) in [6.07, 6.45) is 9.49. The maximum atomic E-state index is 15.4. The van der Waals surface area contributed by atoms with Crippen molar-refractivity contribution in [2.75, 3.05) is 33.3 Å². The standard InChI is InChI=1S/C46H78N4O8/c1-7-8-9-10-11-30-23-58-39(27(30)3)41(55)43(5,56)34-15-17-46(57)36-37(50-21-26(2)51)38(54)31-18-32(52)33(53)20-45(31)19-28(29-12-13-35(47)49-22-29)14-16-44(25-48-6,40(36)45)24-42(34,46)4/h14,16,26-36,39-41,48-49,51-53,55-57H,7-13,15,17-25,47H2,1-6H3/t26-,27-,28+,29?,30-,31-,32+,33-,34+,35?,36+,39+,40+,41+,42+,43+,44+,45-,46-/m0/s1. The molecule has 2 unspecified atom stereocenters. The number of aliphatic hydroxyl groups is 6. The van der Waals surface area contributed by atoms with Crippen LogP contribution in [0, 0.1) is 63.6 Å². The average Bonchev–Trinajstić information content (AvgIpc) is 3.63. The molecule has 7 rings (SSSR count). The highest BCUT2D eigenvalue weighted by Gasteiger charge is 2.78. The number of hydrogen-bond donors (Lipinski definition) is 9. The van der Waals surface area contributed by atoms with Gasteiger partial charge in [-0.15, -0.1) is 0 Å². The van der Waals surface area contributed by atoms with E-state index >= 15 is 4.79 Å². The van der Waals surface area contributed by atoms with Crippen molar-refractivity contribution in [3.05, 3.63) is 12.2 Å². The molecular formula is C46H78N4O8. The zero-order valence-electron chi connectivity index (χ0n) is 36.3. The summed E-state index contributed by atoms with van der Waals surface area (Å²) in [7, 11) is 1.93. The van der Waals surface area contributed by atoms with Gasteiger partial charge in [0.2, 0.25) is 0 Å². The van der Waals surface area contributed by atoms with Gasteiger partial charge in [0, 0.05) is 29.2 Å². The first-order valence-corrected chi connectivity index (χ1v) is 23.1. The Morgan fingerprint density at radius 2 is 1.90 bits per heavy atom. The number of carbonyl (C=O) groups excluding carboxylic acids is 1. The lowest BCUT2D eigenvalue weighted by Crippen LogP contribution is -2.75. The third-order valence-corrected chi connectivity index (χ3v) is 17.7. The van der Waals surface area contributed by atoms with Crippen LogP contribution in [0.3, 0.4) is 0 Å². The summed E-state index contributed by atoms with van der Waals surface area (Å²) in [5.41, 5.74) is 0.930. The number of nitrogens with two attached hydrogens (primary N) is 1. The number of aliphatic imine (C=N–C) groups is 1. The number of unbranched alkanes of at least 4 members (excludes halogenated alkanes) is 3. The van der Waals surface area contributed by atoms with Crippen LogP contribution < -0.4 is 16.4 Å². The maximum absolute atomic E-state index is 15.4. The van der Waals surface area contributed by atoms with Gasteiger partial charge < -0.3 is 51.7 Å². The van der Waals surface area contributed by atoms with Crippen LogP contribution in [0.5, 0.6) is 0 Å². The smallest absolute Gasteiger partial charge is 0.180 e. The molecule has 0 aromatic heterocycles. The first-order chi connectivity index (χ1) is 27.4. The van der Waals surface area contributed by atoms with E-state index in [1.165, 1.54) is 19.3 Å². The van der Waals surface area contributed by atoms with E-state index in [4.69, 9.17) is 15.5 Å². The summed E-state index contributed by atoms with van der Waals surface area (Å²) < 4.78 is 6.36. The topological polar surface area (TPSA) is 210 Å². The number of piperidine rings is 1. The van der Waals surface area contributed by atoms with Gasteiger partial charge in [-0.1, -0.05) is 58.6 Å². The lowest BCUT2D eigenvalue weighted by molar-refractivity contribution is -0.249. The summed E-state index contributed by atoms with van der Waals surface area (Å²) >= 11 is 0. The normalized spacial score (nSPS) is 49.1. The molecule has 2 saturated heterocycles. The fraction of sp³-hybridized carbons (Fsp3) is 0.913. The van der Waals surface area contributed by atoms with Gasteiger partial charge in [0.05, 0.1) is 60.6 Å². The first-order valence-electron chi connectivity index (χ1n) is 23.1. The lowest BCUT2D eigenvalue weighted by Gasteiger charge is -2.70. The van der Waals surface area contributed by atoms with Crippen LogP contribution in [-0.2, 0) is 9.53 Å². The monoisotopic (exact) mass is 815 g/mol. The van der Waals surface area contributed by atoms with Gasteiger partial charge >= 0.3 is 0 Å². The van der Waals surface area contributed by atoms with Crippen molar-refractivity contribution in [2.24, 2.45) is 74.3 Å². The minimum Gasteiger partial charge on any atom is -0.391 e. The van der Waals surface area contributed by atoms with E-state index in [0.717, 1.165) is 32.2 Å². The number of ether oxygens (including phenoxy) is 1. The minimum absolute atomic E-state index is 0.0101. The third-order valence-electron chi connectivity index (χ3n) is 17.7. The van der Waals surface area contributed by atoms with Crippen LogP contribution in [0.1, 0.15) is 118 Å². The van der Waals surface area contributed by atoms with Crippen LogP contribution in [0.4, 0.5) is 0 Å². The van der Waals surface area contributed by atoms with Crippen molar-refractivity contribution in [3.8, 4) is 0 Å². The second kappa shape index (κ2) is 16.8. The summed E-state index contributed by atoms with van der Waals surface area (Å²) in [6, 6.07) is 0. The number of fused-ring (bicyclic) bond motifs is 2. The van der Waals surface area contributed by atoms with E-state index in [1.807, 2.05) is 7.05 Å². The van der Waals surface area contributed by atoms with E-state index in [0.29, 0.717) is 44.8 Å². The van der Waals surface area contributed by atoms with Crippen LogP contribution >= 0.6 is 0 Å². The number of nitrogens with one attached hydrogen (secondary N) is 2. The molecular weight excluding hydrogens is 737 g/mol. The van der Waals surface area contributed by atoms with Gasteiger partial charge in [0.15, 0.2) is 5.78 Å². The van der Waals surface area contributed by atoms with Gasteiger partial charge in [0.25, 0.3) is 0 Å². The molecule has 0 aromatic carbocycles. The van der Waals surface area contributed by atoms with Gasteiger partial charge in [-0.2, -0.15) is 0 Å². The van der Waals surface area contributed by atoms with Crippen LogP contribution in [0.15, 0.2) is 17.1 Å². The molecule has 1 spiro atoms. The minimum atomic E-state index is -1.65. The van der Waals surface area contributed by atoms with Crippen molar-refractivity contribution in [3.63, 3.8) is 0 Å². The Kier molecular flexibility index (Phi) is 12.9. The number of rotatable bonds is 13. The average molecular weight is 815 g/mol. The largest absolute Gasteiger partial charge is 0.391 e. The van der Waals surface area contributed by atoms with E-state index < -0.39 is 75.7 Å². The molecule has 4 saturated carbocycles. The van der Waals surface area contributed by atoms with Crippen molar-refractivity contribution >= 4 is 11.5 Å². The maximum Gasteiger partial charge on any atom is 0.180 e. The Labute approximate surface area is 347 Å². The van der Waals surface area contributed by atoms with Crippen LogP contribution in [0.2, 0.25) is 0 Å². The molecule has 0 bridgehead atoms. The molecule has 10 N–H and O–H groups in total. The molecule has 2 heterocycles. The molecule has 5 aliphatic carbocycles. The SMILES string of the molecule is CCCCCC[C@H]1CO[C@@H]([C@@H](O)[C@](C)(O)[C@@H]2CC[C@]3(O)[C@@H]4C(=NC[C@H](C)O)C(=O)[C@@H]5C[C@@H](O)[C@@H](O)C[C@@]56C[C@H](C5CCC(N)NC5)C=C[C@](CNC)(C[C@]23C)[C@@H]46)[C@H]1C. The van der Waals surface area contributed by atoms with Crippen molar-refractivity contribution in [1.82, 2.24) is 10.6 Å². The van der Waals surface area contributed by atoms with Gasteiger partial charge in [-0.05, 0) is 126 Å². The molecule has 12 heteroatoms. The summed E-state index contributed by atoms with van der Waals surface area (Å²) in [4.78, 5) is 20.3. The van der Waals surface area contributed by atoms with E-state index in [-0.39, 0.29) is 60.7 Å². The number of allylic oxidation sites excluding steroid dienone is 1. The number of carbonyl (C=O) groups is 1. The van der Waals surface area contributed by atoms with E-state index in [2.05, 4.69) is 43.6 Å². The van der Waals surface area contributed by atoms with Crippen LogP contribution in [-0.4, -0.2) is 123 Å². The summed E-state index contributed by atoms with van der Waals surface area (Å²) in [5.74, 6) is -1.91. The molecule has 330 valence electrons.